The number of allylic oxidation sites excluding steroid dienone is 4. The molecular formula is C26H47NO8. The van der Waals surface area contributed by atoms with E-state index in [0.717, 1.165) is 25.7 Å². The van der Waals surface area contributed by atoms with Crippen molar-refractivity contribution in [2.45, 2.75) is 109 Å². The Morgan fingerprint density at radius 3 is 1.86 bits per heavy atom. The van der Waals surface area contributed by atoms with E-state index >= 15 is 0 Å². The summed E-state index contributed by atoms with van der Waals surface area (Å²) in [7, 11) is 0. The van der Waals surface area contributed by atoms with E-state index in [1.165, 1.54) is 44.9 Å². The number of aliphatic hydroxyl groups is 3. The first kappa shape index (κ1) is 34.9. The summed E-state index contributed by atoms with van der Waals surface area (Å²) in [5.74, 6) is -1.78. The molecule has 35 heavy (non-hydrogen) atoms. The minimum absolute atomic E-state index is 0.164. The number of hydrogen-bond donors (Lipinski definition) is 6. The Morgan fingerprint density at radius 2 is 1.46 bits per heavy atom. The molecule has 1 aliphatic rings. The standard InChI is InChI=1S/C18H32O2.C5H7NO3.C3H8O3/c1-2-3-4-5-6-7-8-9-10-11-12-13-14-15-16-17-18(19)20;7-4-2-1-3(6-4)5(8)9;4-1-3(6)2-5/h6-7,9-10H,2-5,8,11-17H2,1H3,(H,19,20);3H,1-2H2,(H,6,7)(H,8,9);3-6H,1-2H2/b7-6-,10-9-;;/t;3-;/m.0./s1. The first-order valence-corrected chi connectivity index (χ1v) is 12.7. The van der Waals surface area contributed by atoms with Gasteiger partial charge in [0.1, 0.15) is 12.1 Å². The average molecular weight is 502 g/mol. The molecule has 6 N–H and O–H groups in total. The smallest absolute Gasteiger partial charge is 0.326 e. The molecule has 0 saturated carbocycles. The molecule has 0 spiro atoms. The van der Waals surface area contributed by atoms with Crippen LogP contribution in [0.5, 0.6) is 0 Å². The summed E-state index contributed by atoms with van der Waals surface area (Å²) in [4.78, 5) is 30.8. The van der Waals surface area contributed by atoms with Crippen molar-refractivity contribution in [3.05, 3.63) is 24.3 Å². The van der Waals surface area contributed by atoms with Crippen LogP contribution >= 0.6 is 0 Å². The summed E-state index contributed by atoms with van der Waals surface area (Å²) in [6.07, 6.45) is 22.1. The third kappa shape index (κ3) is 27.9. The van der Waals surface area contributed by atoms with Crippen molar-refractivity contribution in [1.82, 2.24) is 5.32 Å². The van der Waals surface area contributed by atoms with Crippen LogP contribution in [0.1, 0.15) is 96.8 Å². The maximum atomic E-state index is 10.4. The number of carbonyl (C=O) groups is 3. The van der Waals surface area contributed by atoms with Crippen molar-refractivity contribution in [3.8, 4) is 0 Å². The number of unbranched alkanes of at least 4 members (excludes halogenated alkanes) is 8. The topological polar surface area (TPSA) is 164 Å². The molecule has 0 aromatic rings. The van der Waals surface area contributed by atoms with Gasteiger partial charge in [0.15, 0.2) is 0 Å². The van der Waals surface area contributed by atoms with E-state index in [1.807, 2.05) is 0 Å². The number of amides is 1. The minimum Gasteiger partial charge on any atom is -0.481 e. The monoisotopic (exact) mass is 501 g/mol. The number of carbonyl (C=O) groups excluding carboxylic acids is 1. The van der Waals surface area contributed by atoms with Crippen LogP contribution in [-0.4, -0.2) is 68.7 Å². The summed E-state index contributed by atoms with van der Waals surface area (Å²) in [5.41, 5.74) is 0. The summed E-state index contributed by atoms with van der Waals surface area (Å²) >= 11 is 0. The second-order valence-electron chi connectivity index (χ2n) is 8.39. The van der Waals surface area contributed by atoms with Crippen LogP contribution in [0.3, 0.4) is 0 Å². The largest absolute Gasteiger partial charge is 0.481 e. The molecule has 0 unspecified atom stereocenters. The molecular weight excluding hydrogens is 454 g/mol. The van der Waals surface area contributed by atoms with Gasteiger partial charge in [0, 0.05) is 12.8 Å². The lowest BCUT2D eigenvalue weighted by Crippen LogP contribution is -2.32. The van der Waals surface area contributed by atoms with Gasteiger partial charge in [-0.05, 0) is 44.9 Å². The zero-order chi connectivity index (χ0) is 26.7. The molecule has 1 atom stereocenters. The molecule has 1 amide bonds. The van der Waals surface area contributed by atoms with Gasteiger partial charge in [0.2, 0.25) is 5.91 Å². The number of carboxylic acids is 2. The number of hydrogen-bond acceptors (Lipinski definition) is 6. The van der Waals surface area contributed by atoms with Gasteiger partial charge in [-0.15, -0.1) is 0 Å². The van der Waals surface area contributed by atoms with Gasteiger partial charge < -0.3 is 30.8 Å². The lowest BCUT2D eigenvalue weighted by atomic mass is 10.1. The van der Waals surface area contributed by atoms with Crippen molar-refractivity contribution in [1.29, 1.82) is 0 Å². The van der Waals surface area contributed by atoms with Crippen LogP contribution in [0.2, 0.25) is 0 Å². The highest BCUT2D eigenvalue weighted by molar-refractivity contribution is 5.87. The third-order valence-electron chi connectivity index (χ3n) is 5.06. The van der Waals surface area contributed by atoms with Crippen molar-refractivity contribution < 1.29 is 39.9 Å². The predicted octanol–water partition coefficient (Wildman–Crippen LogP) is 3.57. The molecule has 1 fully saturated rings. The van der Waals surface area contributed by atoms with E-state index in [4.69, 9.17) is 25.5 Å². The van der Waals surface area contributed by atoms with E-state index in [0.29, 0.717) is 19.3 Å². The Balaban J connectivity index is 0. The second-order valence-corrected chi connectivity index (χ2v) is 8.39. The molecule has 1 saturated heterocycles. The normalized spacial score (nSPS) is 15.0. The molecule has 9 nitrogen and oxygen atoms in total. The average Bonchev–Trinajstić information content (AvgIpc) is 3.28. The van der Waals surface area contributed by atoms with Crippen LogP contribution in [0, 0.1) is 0 Å². The number of aliphatic carboxylic acids is 2. The molecule has 0 aromatic carbocycles. The van der Waals surface area contributed by atoms with Crippen LogP contribution in [0.25, 0.3) is 0 Å². The van der Waals surface area contributed by atoms with Gasteiger partial charge in [0.25, 0.3) is 0 Å². The lowest BCUT2D eigenvalue weighted by molar-refractivity contribution is -0.140. The highest BCUT2D eigenvalue weighted by Gasteiger charge is 2.26. The number of nitrogens with one attached hydrogen (secondary N) is 1. The van der Waals surface area contributed by atoms with Gasteiger partial charge in [-0.25, -0.2) is 4.79 Å². The fourth-order valence-electron chi connectivity index (χ4n) is 2.94. The van der Waals surface area contributed by atoms with E-state index < -0.39 is 24.1 Å². The molecule has 9 heteroatoms. The number of rotatable bonds is 17. The Labute approximate surface area is 209 Å². The van der Waals surface area contributed by atoms with Crippen molar-refractivity contribution in [2.24, 2.45) is 0 Å². The molecule has 0 bridgehead atoms. The van der Waals surface area contributed by atoms with Crippen molar-refractivity contribution >= 4 is 17.8 Å². The maximum absolute atomic E-state index is 10.4. The van der Waals surface area contributed by atoms with Gasteiger partial charge in [-0.1, -0.05) is 63.3 Å². The summed E-state index contributed by atoms with van der Waals surface area (Å²) in [6, 6.07) is -0.641. The molecule has 1 rings (SSSR count). The summed E-state index contributed by atoms with van der Waals surface area (Å²) < 4.78 is 0. The van der Waals surface area contributed by atoms with Gasteiger partial charge in [-0.3, -0.25) is 9.59 Å². The fraction of sp³-hybridized carbons (Fsp3) is 0.731. The predicted molar refractivity (Wildman–Crippen MR) is 136 cm³/mol. The Morgan fingerprint density at radius 1 is 0.914 bits per heavy atom. The van der Waals surface area contributed by atoms with Crippen LogP contribution in [-0.2, 0) is 14.4 Å². The number of aliphatic hydroxyl groups excluding tert-OH is 3. The SMILES string of the molecule is CCCCC/C=C\C/C=C\CCCCCCCC(=O)O.O=C1CC[C@@H](C(=O)O)N1.OCC(O)CO. The van der Waals surface area contributed by atoms with Crippen LogP contribution in [0.15, 0.2) is 24.3 Å². The van der Waals surface area contributed by atoms with Gasteiger partial charge >= 0.3 is 11.9 Å². The van der Waals surface area contributed by atoms with E-state index in [-0.39, 0.29) is 19.1 Å². The Bertz CT molecular complexity index is 588. The minimum atomic E-state index is -0.954. The first-order chi connectivity index (χ1) is 16.8. The molecule has 204 valence electrons. The maximum Gasteiger partial charge on any atom is 0.326 e. The fourth-order valence-corrected chi connectivity index (χ4v) is 2.94. The van der Waals surface area contributed by atoms with Crippen LogP contribution in [0.4, 0.5) is 0 Å². The van der Waals surface area contributed by atoms with Gasteiger partial charge in [-0.2, -0.15) is 0 Å². The van der Waals surface area contributed by atoms with Crippen LogP contribution < -0.4 is 5.32 Å². The second kappa shape index (κ2) is 26.4. The van der Waals surface area contributed by atoms with E-state index in [9.17, 15) is 14.4 Å². The third-order valence-corrected chi connectivity index (χ3v) is 5.06. The van der Waals surface area contributed by atoms with E-state index in [2.05, 4.69) is 36.5 Å². The Hall–Kier alpha value is -2.23. The summed E-state index contributed by atoms with van der Waals surface area (Å²) in [5, 5.41) is 43.1. The number of carboxylic acid groups (broad SMARTS) is 2. The lowest BCUT2D eigenvalue weighted by Gasteiger charge is -1.99. The van der Waals surface area contributed by atoms with Crippen molar-refractivity contribution in [3.63, 3.8) is 0 Å². The Kier molecular flexibility index (Phi) is 26.3. The zero-order valence-corrected chi connectivity index (χ0v) is 21.2. The van der Waals surface area contributed by atoms with Gasteiger partial charge in [0.05, 0.1) is 13.2 Å². The first-order valence-electron chi connectivity index (χ1n) is 12.7. The van der Waals surface area contributed by atoms with Crippen molar-refractivity contribution in [2.75, 3.05) is 13.2 Å². The van der Waals surface area contributed by atoms with E-state index in [1.54, 1.807) is 0 Å². The highest BCUT2D eigenvalue weighted by Crippen LogP contribution is 2.08. The molecule has 1 aliphatic heterocycles. The molecule has 0 radical (unpaired) electrons. The highest BCUT2D eigenvalue weighted by atomic mass is 16.4. The zero-order valence-electron chi connectivity index (χ0n) is 21.2. The molecule has 0 aromatic heterocycles. The molecule has 1 heterocycles. The molecule has 0 aliphatic carbocycles. The summed E-state index contributed by atoms with van der Waals surface area (Å²) in [6.45, 7) is 1.51. The quantitative estimate of drug-likeness (QED) is 0.130.